The third-order valence-electron chi connectivity index (χ3n) is 2.80. The fraction of sp³-hybridized carbons (Fsp3) is 0.900. The summed E-state index contributed by atoms with van der Waals surface area (Å²) in [6.45, 7) is -0.168. The molecule has 2 N–H and O–H groups in total. The number of aliphatic hydroxyl groups is 2. The topological polar surface area (TPSA) is 70.0 Å². The first kappa shape index (κ1) is 12.3. The summed E-state index contributed by atoms with van der Waals surface area (Å²) in [5, 5.41) is 18.2. The van der Waals surface area contributed by atoms with E-state index in [2.05, 4.69) is 0 Å². The molecule has 5 heteroatoms. The van der Waals surface area contributed by atoms with Crippen LogP contribution < -0.4 is 0 Å². The number of hydrogen-bond acceptors (Lipinski definition) is 4. The Morgan fingerprint density at radius 2 is 2.13 bits per heavy atom. The van der Waals surface area contributed by atoms with Crippen molar-refractivity contribution in [3.63, 3.8) is 0 Å². The van der Waals surface area contributed by atoms with E-state index in [9.17, 15) is 9.90 Å². The standard InChI is InChI=1S/C10H19NO4/c1-11(10(14)15-7-6-12)8-4-2-3-5-9(8)13/h8-9,12-13H,2-7H2,1H3. The Bertz CT molecular complexity index is 210. The van der Waals surface area contributed by atoms with Gasteiger partial charge >= 0.3 is 6.09 Å². The lowest BCUT2D eigenvalue weighted by Gasteiger charge is -2.34. The van der Waals surface area contributed by atoms with Gasteiger partial charge in [0, 0.05) is 7.05 Å². The quantitative estimate of drug-likeness (QED) is 0.715. The predicted molar refractivity (Wildman–Crippen MR) is 54.5 cm³/mol. The first-order chi connectivity index (χ1) is 7.16. The van der Waals surface area contributed by atoms with E-state index in [4.69, 9.17) is 9.84 Å². The highest BCUT2D eigenvalue weighted by atomic mass is 16.6. The van der Waals surface area contributed by atoms with Gasteiger partial charge in [0.15, 0.2) is 0 Å². The van der Waals surface area contributed by atoms with E-state index in [0.29, 0.717) is 0 Å². The molecule has 0 saturated heterocycles. The van der Waals surface area contributed by atoms with Crippen LogP contribution in [0.5, 0.6) is 0 Å². The van der Waals surface area contributed by atoms with Crippen molar-refractivity contribution < 1.29 is 19.7 Å². The summed E-state index contributed by atoms with van der Waals surface area (Å²) in [7, 11) is 1.62. The summed E-state index contributed by atoms with van der Waals surface area (Å²) in [6.07, 6.45) is 2.66. The van der Waals surface area contributed by atoms with Crippen molar-refractivity contribution >= 4 is 6.09 Å². The number of carbonyl (C=O) groups excluding carboxylic acids is 1. The Morgan fingerprint density at radius 3 is 2.73 bits per heavy atom. The lowest BCUT2D eigenvalue weighted by atomic mass is 9.92. The molecule has 1 saturated carbocycles. The number of likely N-dealkylation sites (N-methyl/N-ethyl adjacent to an activating group) is 1. The van der Waals surface area contributed by atoms with Gasteiger partial charge < -0.3 is 19.8 Å². The number of amides is 1. The molecule has 0 radical (unpaired) electrons. The minimum absolute atomic E-state index is 0.00594. The second kappa shape index (κ2) is 5.92. The normalized spacial score (nSPS) is 26.1. The van der Waals surface area contributed by atoms with Crippen LogP contribution in [0.2, 0.25) is 0 Å². The first-order valence-electron chi connectivity index (χ1n) is 5.35. The number of ether oxygens (including phenoxy) is 1. The second-order valence-corrected chi connectivity index (χ2v) is 3.87. The van der Waals surface area contributed by atoms with Gasteiger partial charge in [0.05, 0.1) is 18.8 Å². The summed E-state index contributed by atoms with van der Waals surface area (Å²) in [5.74, 6) is 0. The molecule has 1 aliphatic rings. The smallest absolute Gasteiger partial charge is 0.409 e. The molecular formula is C10H19NO4. The molecule has 0 bridgehead atoms. The zero-order chi connectivity index (χ0) is 11.3. The van der Waals surface area contributed by atoms with Crippen LogP contribution in [0, 0.1) is 0 Å². The maximum absolute atomic E-state index is 11.4. The van der Waals surface area contributed by atoms with Crippen molar-refractivity contribution in [3.05, 3.63) is 0 Å². The molecule has 2 atom stereocenters. The molecular weight excluding hydrogens is 198 g/mol. The van der Waals surface area contributed by atoms with E-state index in [1.54, 1.807) is 7.05 Å². The van der Waals surface area contributed by atoms with Crippen LogP contribution in [0.15, 0.2) is 0 Å². The van der Waals surface area contributed by atoms with E-state index < -0.39 is 12.2 Å². The van der Waals surface area contributed by atoms with E-state index in [1.807, 2.05) is 0 Å². The Labute approximate surface area is 89.6 Å². The molecule has 5 nitrogen and oxygen atoms in total. The van der Waals surface area contributed by atoms with Crippen molar-refractivity contribution in [2.24, 2.45) is 0 Å². The van der Waals surface area contributed by atoms with E-state index in [1.165, 1.54) is 4.90 Å². The van der Waals surface area contributed by atoms with Crippen LogP contribution >= 0.6 is 0 Å². The van der Waals surface area contributed by atoms with Crippen molar-refractivity contribution in [2.45, 2.75) is 37.8 Å². The number of nitrogens with zero attached hydrogens (tertiary/aromatic N) is 1. The Morgan fingerprint density at radius 1 is 1.47 bits per heavy atom. The van der Waals surface area contributed by atoms with Crippen molar-refractivity contribution in [1.82, 2.24) is 4.90 Å². The lowest BCUT2D eigenvalue weighted by Crippen LogP contribution is -2.46. The summed E-state index contributed by atoms with van der Waals surface area (Å²) in [5.41, 5.74) is 0. The molecule has 0 heterocycles. The lowest BCUT2D eigenvalue weighted by molar-refractivity contribution is 0.0195. The van der Waals surface area contributed by atoms with Gasteiger partial charge in [-0.25, -0.2) is 4.79 Å². The Balaban J connectivity index is 2.42. The van der Waals surface area contributed by atoms with Crippen LogP contribution in [-0.4, -0.2) is 53.6 Å². The molecule has 1 amide bonds. The van der Waals surface area contributed by atoms with Gasteiger partial charge in [0.2, 0.25) is 0 Å². The summed E-state index contributed by atoms with van der Waals surface area (Å²) in [6, 6.07) is -0.148. The van der Waals surface area contributed by atoms with Gasteiger partial charge in [-0.05, 0) is 12.8 Å². The molecule has 0 spiro atoms. The van der Waals surface area contributed by atoms with E-state index in [0.717, 1.165) is 25.7 Å². The third kappa shape index (κ3) is 3.35. The van der Waals surface area contributed by atoms with Gasteiger partial charge in [0.1, 0.15) is 6.61 Å². The number of carbonyl (C=O) groups is 1. The van der Waals surface area contributed by atoms with Gasteiger partial charge in [-0.3, -0.25) is 0 Å². The molecule has 0 aliphatic heterocycles. The first-order valence-corrected chi connectivity index (χ1v) is 5.35. The average Bonchev–Trinajstić information content (AvgIpc) is 2.25. The summed E-state index contributed by atoms with van der Waals surface area (Å²) >= 11 is 0. The van der Waals surface area contributed by atoms with Crippen LogP contribution in [0.4, 0.5) is 4.79 Å². The highest BCUT2D eigenvalue weighted by Gasteiger charge is 2.29. The van der Waals surface area contributed by atoms with Crippen LogP contribution in [0.3, 0.4) is 0 Å². The molecule has 1 fully saturated rings. The van der Waals surface area contributed by atoms with Crippen molar-refractivity contribution in [1.29, 1.82) is 0 Å². The molecule has 0 aromatic heterocycles. The fourth-order valence-corrected chi connectivity index (χ4v) is 1.91. The SMILES string of the molecule is CN(C(=O)OCCO)C1CCCCC1O. The zero-order valence-electron chi connectivity index (χ0n) is 9.06. The molecule has 1 rings (SSSR count). The monoisotopic (exact) mass is 217 g/mol. The van der Waals surface area contributed by atoms with Gasteiger partial charge in [-0.15, -0.1) is 0 Å². The summed E-state index contributed by atoms with van der Waals surface area (Å²) < 4.78 is 4.78. The Hall–Kier alpha value is -0.810. The Kier molecular flexibility index (Phi) is 4.84. The van der Waals surface area contributed by atoms with Crippen LogP contribution in [0.1, 0.15) is 25.7 Å². The minimum atomic E-state index is -0.477. The van der Waals surface area contributed by atoms with Gasteiger partial charge in [-0.1, -0.05) is 12.8 Å². The van der Waals surface area contributed by atoms with Crippen LogP contribution in [0.25, 0.3) is 0 Å². The van der Waals surface area contributed by atoms with Gasteiger partial charge in [-0.2, -0.15) is 0 Å². The highest BCUT2D eigenvalue weighted by Crippen LogP contribution is 2.22. The molecule has 15 heavy (non-hydrogen) atoms. The molecule has 88 valence electrons. The molecule has 2 unspecified atom stereocenters. The number of aliphatic hydroxyl groups excluding tert-OH is 2. The fourth-order valence-electron chi connectivity index (χ4n) is 1.91. The largest absolute Gasteiger partial charge is 0.447 e. The average molecular weight is 217 g/mol. The van der Waals surface area contributed by atoms with Crippen molar-refractivity contribution in [3.8, 4) is 0 Å². The number of hydrogen-bond donors (Lipinski definition) is 2. The minimum Gasteiger partial charge on any atom is -0.447 e. The van der Waals surface area contributed by atoms with Crippen LogP contribution in [-0.2, 0) is 4.74 Å². The third-order valence-corrected chi connectivity index (χ3v) is 2.80. The molecule has 0 aromatic rings. The zero-order valence-corrected chi connectivity index (χ0v) is 9.06. The predicted octanol–water partition coefficient (Wildman–Crippen LogP) is 0.351. The molecule has 1 aliphatic carbocycles. The maximum atomic E-state index is 11.4. The summed E-state index contributed by atoms with van der Waals surface area (Å²) in [4.78, 5) is 12.9. The van der Waals surface area contributed by atoms with E-state index in [-0.39, 0.29) is 19.3 Å². The number of rotatable bonds is 3. The second-order valence-electron chi connectivity index (χ2n) is 3.87. The maximum Gasteiger partial charge on any atom is 0.409 e. The molecule has 0 aromatic carbocycles. The van der Waals surface area contributed by atoms with E-state index >= 15 is 0 Å². The van der Waals surface area contributed by atoms with Crippen molar-refractivity contribution in [2.75, 3.05) is 20.3 Å². The highest BCUT2D eigenvalue weighted by molar-refractivity contribution is 5.67. The van der Waals surface area contributed by atoms with Gasteiger partial charge in [0.25, 0.3) is 0 Å².